The van der Waals surface area contributed by atoms with Gasteiger partial charge in [-0.1, -0.05) is 91.0 Å². The molecule has 0 saturated heterocycles. The largest absolute Gasteiger partial charge is 0.493 e. The van der Waals surface area contributed by atoms with Gasteiger partial charge in [0.1, 0.15) is 0 Å². The van der Waals surface area contributed by atoms with Gasteiger partial charge in [0.25, 0.3) is 8.32 Å². The van der Waals surface area contributed by atoms with E-state index in [1.165, 1.54) is 15.6 Å². The van der Waals surface area contributed by atoms with Crippen molar-refractivity contribution in [2.24, 2.45) is 0 Å². The SMILES string of the molecule is COc1cc(CO[Si](c2ccccc2)(c2ccccc2)c2ccccc2)cc(OC)c1OC. The summed E-state index contributed by atoms with van der Waals surface area (Å²) in [7, 11) is 2.06. The lowest BCUT2D eigenvalue weighted by Gasteiger charge is -2.33. The molecular formula is C28H28O4Si. The quantitative estimate of drug-likeness (QED) is 0.283. The average Bonchev–Trinajstić information content (AvgIpc) is 2.90. The van der Waals surface area contributed by atoms with Crippen LogP contribution in [0, 0.1) is 0 Å². The maximum Gasteiger partial charge on any atom is 0.288 e. The number of methoxy groups -OCH3 is 3. The molecule has 0 fully saturated rings. The molecule has 0 aliphatic rings. The van der Waals surface area contributed by atoms with Gasteiger partial charge >= 0.3 is 0 Å². The summed E-state index contributed by atoms with van der Waals surface area (Å²) in [5, 5.41) is 3.57. The zero-order valence-electron chi connectivity index (χ0n) is 19.2. The summed E-state index contributed by atoms with van der Waals surface area (Å²) in [6.07, 6.45) is 0. The van der Waals surface area contributed by atoms with Crippen LogP contribution in [-0.4, -0.2) is 29.6 Å². The standard InChI is InChI=1S/C28H28O4Si/c1-29-26-19-22(20-27(30-2)28(26)31-3)21-32-33(23-13-7-4-8-14-23,24-15-9-5-10-16-24)25-17-11-6-12-18-25/h4-20H,21H2,1-3H3. The minimum atomic E-state index is -2.80. The van der Waals surface area contributed by atoms with Crippen LogP contribution in [0.15, 0.2) is 103 Å². The Hall–Kier alpha value is -3.54. The van der Waals surface area contributed by atoms with Crippen molar-refractivity contribution in [3.8, 4) is 17.2 Å². The molecule has 0 unspecified atom stereocenters. The summed E-state index contributed by atoms with van der Waals surface area (Å²) in [5.41, 5.74) is 0.948. The first kappa shape index (κ1) is 22.6. The van der Waals surface area contributed by atoms with E-state index < -0.39 is 8.32 Å². The van der Waals surface area contributed by atoms with Crippen LogP contribution >= 0.6 is 0 Å². The van der Waals surface area contributed by atoms with Crippen LogP contribution in [0.3, 0.4) is 0 Å². The Labute approximate surface area is 196 Å². The third-order valence-corrected chi connectivity index (χ3v) is 9.74. The van der Waals surface area contributed by atoms with Crippen LogP contribution in [0.25, 0.3) is 0 Å². The molecule has 0 aromatic heterocycles. The third-order valence-electron chi connectivity index (χ3n) is 5.72. The Bertz CT molecular complexity index is 1040. The van der Waals surface area contributed by atoms with E-state index in [4.69, 9.17) is 18.6 Å². The van der Waals surface area contributed by atoms with Gasteiger partial charge in [-0.25, -0.2) is 0 Å². The van der Waals surface area contributed by atoms with Crippen molar-refractivity contribution in [3.63, 3.8) is 0 Å². The molecule has 0 aliphatic heterocycles. The molecule has 0 amide bonds. The number of ether oxygens (including phenoxy) is 3. The average molecular weight is 457 g/mol. The van der Waals surface area contributed by atoms with E-state index in [9.17, 15) is 0 Å². The summed E-state index contributed by atoms with van der Waals surface area (Å²) in [5.74, 6) is 1.80. The maximum atomic E-state index is 7.03. The second kappa shape index (κ2) is 10.4. The van der Waals surface area contributed by atoms with Gasteiger partial charge in [-0.3, -0.25) is 0 Å². The summed E-state index contributed by atoms with van der Waals surface area (Å²) in [6, 6.07) is 35.5. The Balaban J connectivity index is 1.85. The van der Waals surface area contributed by atoms with Crippen molar-refractivity contribution in [3.05, 3.63) is 109 Å². The van der Waals surface area contributed by atoms with Gasteiger partial charge in [0.05, 0.1) is 27.9 Å². The van der Waals surface area contributed by atoms with Crippen molar-refractivity contribution in [1.29, 1.82) is 0 Å². The van der Waals surface area contributed by atoms with Gasteiger partial charge in [0, 0.05) is 0 Å². The van der Waals surface area contributed by atoms with Crippen molar-refractivity contribution < 1.29 is 18.6 Å². The maximum absolute atomic E-state index is 7.03. The first-order valence-corrected chi connectivity index (χ1v) is 12.7. The fourth-order valence-electron chi connectivity index (χ4n) is 4.18. The molecule has 5 heteroatoms. The lowest BCUT2D eigenvalue weighted by molar-refractivity contribution is 0.302. The molecule has 4 rings (SSSR count). The Kier molecular flexibility index (Phi) is 7.12. The smallest absolute Gasteiger partial charge is 0.288 e. The zero-order valence-corrected chi connectivity index (χ0v) is 20.2. The number of benzene rings is 4. The van der Waals surface area contributed by atoms with E-state index in [-0.39, 0.29) is 0 Å². The first-order valence-electron chi connectivity index (χ1n) is 10.8. The summed E-state index contributed by atoms with van der Waals surface area (Å²) in [6.45, 7) is 0.390. The van der Waals surface area contributed by atoms with Crippen LogP contribution in [0.5, 0.6) is 17.2 Å². The molecule has 0 aliphatic carbocycles. The minimum absolute atomic E-state index is 0.390. The van der Waals surface area contributed by atoms with Gasteiger partial charge in [-0.05, 0) is 33.3 Å². The molecule has 4 nitrogen and oxygen atoms in total. The number of hydrogen-bond acceptors (Lipinski definition) is 4. The molecule has 33 heavy (non-hydrogen) atoms. The molecule has 0 N–H and O–H groups in total. The van der Waals surface area contributed by atoms with Gasteiger partial charge < -0.3 is 18.6 Å². The van der Waals surface area contributed by atoms with Crippen LogP contribution in [-0.2, 0) is 11.0 Å². The molecule has 0 atom stereocenters. The highest BCUT2D eigenvalue weighted by Gasteiger charge is 2.41. The number of rotatable bonds is 9. The molecule has 0 bridgehead atoms. The highest BCUT2D eigenvalue weighted by atomic mass is 28.4. The third kappa shape index (κ3) is 4.51. The normalized spacial score (nSPS) is 11.1. The lowest BCUT2D eigenvalue weighted by Crippen LogP contribution is -2.69. The summed E-state index contributed by atoms with van der Waals surface area (Å²) < 4.78 is 23.6. The lowest BCUT2D eigenvalue weighted by atomic mass is 10.2. The van der Waals surface area contributed by atoms with Crippen molar-refractivity contribution >= 4 is 23.9 Å². The van der Waals surface area contributed by atoms with E-state index in [1.807, 2.05) is 30.3 Å². The Morgan fingerprint density at radius 1 is 0.545 bits per heavy atom. The fraction of sp³-hybridized carbons (Fsp3) is 0.143. The molecular weight excluding hydrogens is 428 g/mol. The predicted molar refractivity (Wildman–Crippen MR) is 135 cm³/mol. The first-order chi connectivity index (χ1) is 16.2. The molecule has 4 aromatic carbocycles. The van der Waals surface area contributed by atoms with E-state index in [2.05, 4.69) is 72.8 Å². The van der Waals surface area contributed by atoms with E-state index in [0.717, 1.165) is 5.56 Å². The fourth-order valence-corrected chi connectivity index (χ4v) is 8.05. The minimum Gasteiger partial charge on any atom is -0.493 e. The monoisotopic (exact) mass is 456 g/mol. The topological polar surface area (TPSA) is 36.9 Å². The highest BCUT2D eigenvalue weighted by Crippen LogP contribution is 2.38. The molecule has 0 saturated carbocycles. The molecule has 0 radical (unpaired) electrons. The Morgan fingerprint density at radius 2 is 0.939 bits per heavy atom. The molecule has 168 valence electrons. The molecule has 0 spiro atoms. The van der Waals surface area contributed by atoms with Crippen molar-refractivity contribution in [2.45, 2.75) is 6.61 Å². The van der Waals surface area contributed by atoms with Gasteiger partial charge in [-0.2, -0.15) is 0 Å². The second-order valence-electron chi connectivity index (χ2n) is 7.60. The Morgan fingerprint density at radius 3 is 1.27 bits per heavy atom. The second-order valence-corrected chi connectivity index (χ2v) is 11.0. The van der Waals surface area contributed by atoms with Crippen LogP contribution in [0.4, 0.5) is 0 Å². The van der Waals surface area contributed by atoms with Crippen LogP contribution < -0.4 is 29.8 Å². The van der Waals surface area contributed by atoms with Gasteiger partial charge in [0.15, 0.2) is 11.5 Å². The zero-order chi connectivity index (χ0) is 23.1. The summed E-state index contributed by atoms with van der Waals surface area (Å²) in [4.78, 5) is 0. The van der Waals surface area contributed by atoms with E-state index in [1.54, 1.807) is 21.3 Å². The van der Waals surface area contributed by atoms with Crippen LogP contribution in [0.2, 0.25) is 0 Å². The van der Waals surface area contributed by atoms with Crippen LogP contribution in [0.1, 0.15) is 5.56 Å². The van der Waals surface area contributed by atoms with E-state index in [0.29, 0.717) is 23.9 Å². The van der Waals surface area contributed by atoms with E-state index >= 15 is 0 Å². The number of hydrogen-bond donors (Lipinski definition) is 0. The van der Waals surface area contributed by atoms with Gasteiger partial charge in [-0.15, -0.1) is 0 Å². The molecule has 4 aromatic rings. The van der Waals surface area contributed by atoms with Gasteiger partial charge in [0.2, 0.25) is 5.75 Å². The summed E-state index contributed by atoms with van der Waals surface area (Å²) >= 11 is 0. The predicted octanol–water partition coefficient (Wildman–Crippen LogP) is 3.90. The van der Waals surface area contributed by atoms with Crippen molar-refractivity contribution in [1.82, 2.24) is 0 Å². The highest BCUT2D eigenvalue weighted by molar-refractivity contribution is 7.07. The van der Waals surface area contributed by atoms with Crippen molar-refractivity contribution in [2.75, 3.05) is 21.3 Å². The molecule has 0 heterocycles.